The summed E-state index contributed by atoms with van der Waals surface area (Å²) in [6.45, 7) is 0.958. The van der Waals surface area contributed by atoms with Crippen LogP contribution in [0, 0.1) is 5.92 Å². The first kappa shape index (κ1) is 23.1. The second-order valence-electron chi connectivity index (χ2n) is 7.71. The highest BCUT2D eigenvalue weighted by atomic mass is 35.5. The maximum atomic E-state index is 13.4. The number of hydrogen-bond donors (Lipinski definition) is 1. The minimum absolute atomic E-state index is 0.0880. The first-order valence-electron chi connectivity index (χ1n) is 10.4. The highest BCUT2D eigenvalue weighted by Crippen LogP contribution is 2.30. The minimum Gasteiger partial charge on any atom is -0.495 e. The molecule has 0 unspecified atom stereocenters. The van der Waals surface area contributed by atoms with Gasteiger partial charge in [0.05, 0.1) is 29.5 Å². The van der Waals surface area contributed by atoms with E-state index in [1.54, 1.807) is 41.3 Å². The van der Waals surface area contributed by atoms with E-state index in [9.17, 15) is 14.4 Å². The molecule has 33 heavy (non-hydrogen) atoms. The Bertz CT molecular complexity index is 1270. The number of fused-ring (bicyclic) bond motifs is 1. The van der Waals surface area contributed by atoms with E-state index in [2.05, 4.69) is 4.98 Å². The Morgan fingerprint density at radius 3 is 2.64 bits per heavy atom. The molecule has 2 aromatic carbocycles. The SMILES string of the molecule is COc1ccc(Cl)cc1-n1c(SCC(=O)N2CCC(C(N)=O)CC2)nc2ccccc2c1=O. The number of methoxy groups -OCH3 is 1. The number of rotatable bonds is 6. The van der Waals surface area contributed by atoms with Crippen LogP contribution in [0.5, 0.6) is 5.75 Å². The number of likely N-dealkylation sites (tertiary alicyclic amines) is 1. The molecule has 0 aliphatic carbocycles. The van der Waals surface area contributed by atoms with Crippen molar-refractivity contribution in [3.05, 3.63) is 57.8 Å². The topological polar surface area (TPSA) is 108 Å². The number of halogens is 1. The van der Waals surface area contributed by atoms with Gasteiger partial charge in [-0.2, -0.15) is 0 Å². The predicted octanol–water partition coefficient (Wildman–Crippen LogP) is 2.86. The predicted molar refractivity (Wildman–Crippen MR) is 128 cm³/mol. The number of ether oxygens (including phenoxy) is 1. The van der Waals surface area contributed by atoms with E-state index in [0.29, 0.717) is 58.5 Å². The summed E-state index contributed by atoms with van der Waals surface area (Å²) >= 11 is 7.39. The molecule has 2 amide bonds. The van der Waals surface area contributed by atoms with Crippen LogP contribution < -0.4 is 16.0 Å². The Balaban J connectivity index is 1.67. The molecule has 2 heterocycles. The first-order valence-corrected chi connectivity index (χ1v) is 11.8. The van der Waals surface area contributed by atoms with Gasteiger partial charge in [0.15, 0.2) is 5.16 Å². The average molecular weight is 487 g/mol. The lowest BCUT2D eigenvalue weighted by Gasteiger charge is -2.30. The molecule has 0 saturated carbocycles. The van der Waals surface area contributed by atoms with E-state index >= 15 is 0 Å². The Morgan fingerprint density at radius 1 is 1.21 bits per heavy atom. The van der Waals surface area contributed by atoms with E-state index < -0.39 is 0 Å². The molecule has 8 nitrogen and oxygen atoms in total. The Morgan fingerprint density at radius 2 is 1.94 bits per heavy atom. The maximum absolute atomic E-state index is 13.4. The Hall–Kier alpha value is -3.04. The number of thioether (sulfide) groups is 1. The van der Waals surface area contributed by atoms with Crippen LogP contribution in [0.2, 0.25) is 5.02 Å². The number of carbonyl (C=O) groups excluding carboxylic acids is 2. The lowest BCUT2D eigenvalue weighted by atomic mass is 9.96. The van der Waals surface area contributed by atoms with Crippen molar-refractivity contribution in [2.24, 2.45) is 11.7 Å². The van der Waals surface area contributed by atoms with Crippen molar-refractivity contribution >= 4 is 46.1 Å². The number of hydrogen-bond acceptors (Lipinski definition) is 6. The van der Waals surface area contributed by atoms with Crippen LogP contribution in [-0.4, -0.2) is 52.2 Å². The third-order valence-electron chi connectivity index (χ3n) is 5.70. The fourth-order valence-corrected chi connectivity index (χ4v) is 4.97. The monoisotopic (exact) mass is 486 g/mol. The van der Waals surface area contributed by atoms with E-state index in [-0.39, 0.29) is 29.0 Å². The third kappa shape index (κ3) is 4.84. The van der Waals surface area contributed by atoms with Crippen molar-refractivity contribution in [1.82, 2.24) is 14.5 Å². The van der Waals surface area contributed by atoms with Gasteiger partial charge < -0.3 is 15.4 Å². The van der Waals surface area contributed by atoms with Gasteiger partial charge in [-0.1, -0.05) is 35.5 Å². The van der Waals surface area contributed by atoms with Crippen LogP contribution >= 0.6 is 23.4 Å². The summed E-state index contributed by atoms with van der Waals surface area (Å²) in [6, 6.07) is 12.0. The fraction of sp³-hybridized carbons (Fsp3) is 0.304. The summed E-state index contributed by atoms with van der Waals surface area (Å²) in [6.07, 6.45) is 1.12. The number of para-hydroxylation sites is 1. The number of benzene rings is 2. The second-order valence-corrected chi connectivity index (χ2v) is 9.09. The number of carbonyl (C=O) groups is 2. The molecule has 3 aromatic rings. The van der Waals surface area contributed by atoms with Crippen LogP contribution in [0.4, 0.5) is 0 Å². The summed E-state index contributed by atoms with van der Waals surface area (Å²) in [7, 11) is 1.51. The molecule has 172 valence electrons. The van der Waals surface area contributed by atoms with Crippen molar-refractivity contribution < 1.29 is 14.3 Å². The van der Waals surface area contributed by atoms with E-state index in [1.165, 1.54) is 23.4 Å². The zero-order valence-corrected chi connectivity index (χ0v) is 19.6. The summed E-state index contributed by atoms with van der Waals surface area (Å²) in [5, 5.41) is 1.25. The minimum atomic E-state index is -0.323. The smallest absolute Gasteiger partial charge is 0.266 e. The highest BCUT2D eigenvalue weighted by Gasteiger charge is 2.26. The first-order chi connectivity index (χ1) is 15.9. The Kier molecular flexibility index (Phi) is 6.90. The molecular formula is C23H23ClN4O4S. The molecule has 1 aliphatic rings. The average Bonchev–Trinajstić information content (AvgIpc) is 2.82. The largest absolute Gasteiger partial charge is 0.495 e. The van der Waals surface area contributed by atoms with Gasteiger partial charge in [-0.05, 0) is 43.2 Å². The van der Waals surface area contributed by atoms with Gasteiger partial charge in [-0.15, -0.1) is 0 Å². The molecule has 10 heteroatoms. The van der Waals surface area contributed by atoms with Gasteiger partial charge in [0.1, 0.15) is 5.75 Å². The van der Waals surface area contributed by atoms with Gasteiger partial charge in [0.25, 0.3) is 5.56 Å². The zero-order chi connectivity index (χ0) is 23.5. The number of primary amides is 1. The summed E-state index contributed by atoms with van der Waals surface area (Å²) in [5.41, 5.74) is 6.09. The molecule has 4 rings (SSSR count). The van der Waals surface area contributed by atoms with Gasteiger partial charge >= 0.3 is 0 Å². The van der Waals surface area contributed by atoms with Gasteiger partial charge in [0, 0.05) is 24.0 Å². The van der Waals surface area contributed by atoms with Crippen molar-refractivity contribution in [2.45, 2.75) is 18.0 Å². The fourth-order valence-electron chi connectivity index (χ4n) is 3.89. The number of nitrogens with zero attached hydrogens (tertiary/aromatic N) is 3. The molecule has 1 aromatic heterocycles. The molecule has 0 bridgehead atoms. The molecule has 0 spiro atoms. The quantitative estimate of drug-likeness (QED) is 0.424. The van der Waals surface area contributed by atoms with Crippen LogP contribution in [0.15, 0.2) is 52.4 Å². The lowest BCUT2D eigenvalue weighted by molar-refractivity contribution is -0.132. The number of amides is 2. The lowest BCUT2D eigenvalue weighted by Crippen LogP contribution is -2.42. The zero-order valence-electron chi connectivity index (χ0n) is 18.0. The number of aromatic nitrogens is 2. The summed E-state index contributed by atoms with van der Waals surface area (Å²) < 4.78 is 6.89. The maximum Gasteiger partial charge on any atom is 0.266 e. The van der Waals surface area contributed by atoms with Crippen LogP contribution in [0.25, 0.3) is 16.6 Å². The van der Waals surface area contributed by atoms with E-state index in [0.717, 1.165) is 0 Å². The molecule has 2 N–H and O–H groups in total. The Labute approximate surface area is 199 Å². The molecule has 1 saturated heterocycles. The molecule has 0 radical (unpaired) electrons. The van der Waals surface area contributed by atoms with Crippen molar-refractivity contribution in [2.75, 3.05) is 26.0 Å². The van der Waals surface area contributed by atoms with Gasteiger partial charge in [-0.25, -0.2) is 4.98 Å². The van der Waals surface area contributed by atoms with Crippen molar-refractivity contribution in [3.8, 4) is 11.4 Å². The molecule has 1 aliphatic heterocycles. The van der Waals surface area contributed by atoms with Crippen LogP contribution in [0.3, 0.4) is 0 Å². The molecular weight excluding hydrogens is 464 g/mol. The van der Waals surface area contributed by atoms with Gasteiger partial charge in [0.2, 0.25) is 11.8 Å². The van der Waals surface area contributed by atoms with Crippen molar-refractivity contribution in [3.63, 3.8) is 0 Å². The van der Waals surface area contributed by atoms with Crippen LogP contribution in [-0.2, 0) is 9.59 Å². The third-order valence-corrected chi connectivity index (χ3v) is 6.86. The summed E-state index contributed by atoms with van der Waals surface area (Å²) in [4.78, 5) is 44.1. The number of nitrogens with two attached hydrogens (primary N) is 1. The molecule has 1 fully saturated rings. The second kappa shape index (κ2) is 9.84. The van der Waals surface area contributed by atoms with Gasteiger partial charge in [-0.3, -0.25) is 19.0 Å². The number of piperidine rings is 1. The molecule has 0 atom stereocenters. The summed E-state index contributed by atoms with van der Waals surface area (Å²) in [5.74, 6) is -0.0505. The highest BCUT2D eigenvalue weighted by molar-refractivity contribution is 7.99. The van der Waals surface area contributed by atoms with Crippen molar-refractivity contribution in [1.29, 1.82) is 0 Å². The van der Waals surface area contributed by atoms with E-state index in [1.807, 2.05) is 6.07 Å². The standard InChI is InChI=1S/C23H23ClN4O4S/c1-32-19-7-6-15(24)12-18(19)28-22(31)16-4-2-3-5-17(16)26-23(28)33-13-20(29)27-10-8-14(9-11-27)21(25)30/h2-7,12,14H,8-11,13H2,1H3,(H2,25,30). The normalized spacial score (nSPS) is 14.4. The van der Waals surface area contributed by atoms with E-state index in [4.69, 9.17) is 22.1 Å². The van der Waals surface area contributed by atoms with Crippen LogP contribution in [0.1, 0.15) is 12.8 Å².